The van der Waals surface area contributed by atoms with Gasteiger partial charge in [-0.1, -0.05) is 25.0 Å². The molecule has 3 heteroatoms. The summed E-state index contributed by atoms with van der Waals surface area (Å²) in [6.07, 6.45) is 6.36. The molecule has 1 heterocycles. The van der Waals surface area contributed by atoms with Crippen molar-refractivity contribution in [1.82, 2.24) is 9.80 Å². The van der Waals surface area contributed by atoms with Crippen LogP contribution in [0.5, 0.6) is 0 Å². The third kappa shape index (κ3) is 3.89. The number of hydrogen-bond donors (Lipinski definition) is 0. The summed E-state index contributed by atoms with van der Waals surface area (Å²) >= 11 is 0. The zero-order valence-corrected chi connectivity index (χ0v) is 13.9. The highest BCUT2D eigenvalue weighted by Crippen LogP contribution is 2.32. The molecule has 3 rings (SSSR count). The largest absolute Gasteiger partial charge is 0.342 e. The summed E-state index contributed by atoms with van der Waals surface area (Å²) in [5, 5.41) is 0. The van der Waals surface area contributed by atoms with Crippen molar-refractivity contribution in [2.24, 2.45) is 5.92 Å². The molecule has 3 nitrogen and oxygen atoms in total. The maximum absolute atomic E-state index is 12.6. The van der Waals surface area contributed by atoms with Gasteiger partial charge in [0.15, 0.2) is 0 Å². The molecule has 22 heavy (non-hydrogen) atoms. The minimum absolute atomic E-state index is 0.173. The van der Waals surface area contributed by atoms with E-state index in [0.29, 0.717) is 5.92 Å². The molecule has 1 aliphatic carbocycles. The van der Waals surface area contributed by atoms with Crippen LogP contribution in [0.25, 0.3) is 0 Å². The first kappa shape index (κ1) is 15.5. The summed E-state index contributed by atoms with van der Waals surface area (Å²) in [7, 11) is 4.12. The average molecular weight is 300 g/mol. The van der Waals surface area contributed by atoms with Gasteiger partial charge in [0, 0.05) is 25.7 Å². The van der Waals surface area contributed by atoms with Gasteiger partial charge < -0.3 is 9.80 Å². The molecule has 0 N–H and O–H groups in total. The molecule has 0 unspecified atom stereocenters. The van der Waals surface area contributed by atoms with E-state index in [0.717, 1.165) is 31.0 Å². The molecule has 0 spiro atoms. The van der Waals surface area contributed by atoms with E-state index >= 15 is 0 Å². The van der Waals surface area contributed by atoms with Crippen LogP contribution in [0.4, 0.5) is 0 Å². The highest BCUT2D eigenvalue weighted by atomic mass is 16.2. The van der Waals surface area contributed by atoms with Crippen LogP contribution >= 0.6 is 0 Å². The van der Waals surface area contributed by atoms with E-state index in [1.54, 1.807) is 0 Å². The second-order valence-corrected chi connectivity index (χ2v) is 7.19. The molecule has 0 bridgehead atoms. The molecule has 1 aliphatic heterocycles. The fourth-order valence-electron chi connectivity index (χ4n) is 3.47. The molecule has 2 aliphatic rings. The van der Waals surface area contributed by atoms with Crippen LogP contribution in [0.1, 0.15) is 53.9 Å². The van der Waals surface area contributed by atoms with Crippen molar-refractivity contribution in [2.75, 3.05) is 33.7 Å². The summed E-state index contributed by atoms with van der Waals surface area (Å²) in [6, 6.07) is 8.32. The summed E-state index contributed by atoms with van der Waals surface area (Å²) in [5.74, 6) is 1.62. The van der Waals surface area contributed by atoms with Gasteiger partial charge in [-0.3, -0.25) is 4.79 Å². The topological polar surface area (TPSA) is 23.6 Å². The molecule has 120 valence electrons. The number of likely N-dealkylation sites (tertiary alicyclic amines) is 1. The van der Waals surface area contributed by atoms with E-state index in [2.05, 4.69) is 24.1 Å². The lowest BCUT2D eigenvalue weighted by Gasteiger charge is -2.30. The number of likely N-dealkylation sites (N-methyl/N-ethyl adjacent to an activating group) is 1. The van der Waals surface area contributed by atoms with Gasteiger partial charge in [-0.2, -0.15) is 0 Å². The normalized spacial score (nSPS) is 22.5. The molecule has 1 aromatic rings. The molecule has 2 fully saturated rings. The first-order valence-electron chi connectivity index (χ1n) is 8.67. The smallest absolute Gasteiger partial charge is 0.253 e. The Bertz CT molecular complexity index is 524. The first-order chi connectivity index (χ1) is 10.6. The molecule has 1 atom stereocenters. The van der Waals surface area contributed by atoms with Gasteiger partial charge in [-0.25, -0.2) is 0 Å². The fourth-order valence-corrected chi connectivity index (χ4v) is 3.47. The third-order valence-electron chi connectivity index (χ3n) is 5.15. The van der Waals surface area contributed by atoms with E-state index in [9.17, 15) is 4.79 Å². The van der Waals surface area contributed by atoms with Gasteiger partial charge >= 0.3 is 0 Å². The highest BCUT2D eigenvalue weighted by molar-refractivity contribution is 5.94. The van der Waals surface area contributed by atoms with Crippen molar-refractivity contribution >= 4 is 5.91 Å². The minimum atomic E-state index is 0.173. The molecule has 1 saturated carbocycles. The van der Waals surface area contributed by atoms with E-state index in [-0.39, 0.29) is 5.91 Å². The summed E-state index contributed by atoms with van der Waals surface area (Å²) in [6.45, 7) is 3.19. The van der Waals surface area contributed by atoms with Crippen LogP contribution in [0.15, 0.2) is 24.3 Å². The van der Waals surface area contributed by atoms with Crippen molar-refractivity contribution in [3.63, 3.8) is 0 Å². The van der Waals surface area contributed by atoms with E-state index in [1.807, 2.05) is 24.1 Å². The lowest BCUT2D eigenvalue weighted by Crippen LogP contribution is -2.31. The number of carbonyl (C=O) groups is 1. The Morgan fingerprint density at radius 3 is 2.86 bits per heavy atom. The lowest BCUT2D eigenvalue weighted by atomic mass is 9.90. The van der Waals surface area contributed by atoms with Gasteiger partial charge in [-0.05, 0) is 62.4 Å². The van der Waals surface area contributed by atoms with E-state index < -0.39 is 0 Å². The van der Waals surface area contributed by atoms with Crippen LogP contribution < -0.4 is 0 Å². The molecule has 0 aromatic heterocycles. The van der Waals surface area contributed by atoms with Gasteiger partial charge in [0.1, 0.15) is 0 Å². The van der Waals surface area contributed by atoms with E-state index in [4.69, 9.17) is 0 Å². The predicted molar refractivity (Wildman–Crippen MR) is 90.2 cm³/mol. The Labute approximate surface area is 134 Å². The van der Waals surface area contributed by atoms with Gasteiger partial charge in [-0.15, -0.1) is 0 Å². The van der Waals surface area contributed by atoms with Crippen molar-refractivity contribution in [2.45, 2.75) is 38.0 Å². The number of piperidine rings is 1. The Kier molecular flexibility index (Phi) is 4.82. The first-order valence-corrected chi connectivity index (χ1v) is 8.67. The number of amides is 1. The Morgan fingerprint density at radius 2 is 2.14 bits per heavy atom. The van der Waals surface area contributed by atoms with Crippen molar-refractivity contribution in [1.29, 1.82) is 0 Å². The SMILES string of the molecule is CN1CCC[C@H](c2cccc(C(=O)N(C)CCC3CC3)c2)C1. The number of hydrogen-bond acceptors (Lipinski definition) is 2. The van der Waals surface area contributed by atoms with Crippen molar-refractivity contribution < 1.29 is 4.79 Å². The number of carbonyl (C=O) groups excluding carboxylic acids is 1. The third-order valence-corrected chi connectivity index (χ3v) is 5.15. The quantitative estimate of drug-likeness (QED) is 0.832. The predicted octanol–water partition coefficient (Wildman–Crippen LogP) is 3.37. The monoisotopic (exact) mass is 300 g/mol. The van der Waals surface area contributed by atoms with Gasteiger partial charge in [0.25, 0.3) is 5.91 Å². The Balaban J connectivity index is 1.65. The van der Waals surface area contributed by atoms with Gasteiger partial charge in [0.05, 0.1) is 0 Å². The second kappa shape index (κ2) is 6.82. The number of nitrogens with zero attached hydrogens (tertiary/aromatic N) is 2. The van der Waals surface area contributed by atoms with Crippen LogP contribution in [-0.4, -0.2) is 49.4 Å². The van der Waals surface area contributed by atoms with Crippen LogP contribution in [-0.2, 0) is 0 Å². The van der Waals surface area contributed by atoms with Gasteiger partial charge in [0.2, 0.25) is 0 Å². The van der Waals surface area contributed by atoms with Crippen LogP contribution in [0, 0.1) is 5.92 Å². The zero-order valence-electron chi connectivity index (χ0n) is 13.9. The maximum Gasteiger partial charge on any atom is 0.253 e. The standard InChI is InChI=1S/C19H28N2O/c1-20-11-4-7-18(14-20)16-5-3-6-17(13-16)19(22)21(2)12-10-15-8-9-15/h3,5-6,13,15,18H,4,7-12,14H2,1-2H3/t18-/m0/s1. The number of benzene rings is 1. The number of rotatable bonds is 5. The van der Waals surface area contributed by atoms with Crippen molar-refractivity contribution in [3.8, 4) is 0 Å². The van der Waals surface area contributed by atoms with E-state index in [1.165, 1.54) is 37.8 Å². The summed E-state index contributed by atoms with van der Waals surface area (Å²) in [5.41, 5.74) is 2.18. The molecule has 1 saturated heterocycles. The lowest BCUT2D eigenvalue weighted by molar-refractivity contribution is 0.0791. The molecule has 0 radical (unpaired) electrons. The zero-order chi connectivity index (χ0) is 15.5. The minimum Gasteiger partial charge on any atom is -0.342 e. The Morgan fingerprint density at radius 1 is 1.32 bits per heavy atom. The second-order valence-electron chi connectivity index (χ2n) is 7.19. The van der Waals surface area contributed by atoms with Crippen LogP contribution in [0.3, 0.4) is 0 Å². The average Bonchev–Trinajstić information content (AvgIpc) is 3.36. The van der Waals surface area contributed by atoms with Crippen LogP contribution in [0.2, 0.25) is 0 Å². The molecular formula is C19H28N2O. The molecule has 1 aromatic carbocycles. The molecular weight excluding hydrogens is 272 g/mol. The highest BCUT2D eigenvalue weighted by Gasteiger charge is 2.23. The van der Waals surface area contributed by atoms with Crippen molar-refractivity contribution in [3.05, 3.63) is 35.4 Å². The maximum atomic E-state index is 12.6. The summed E-state index contributed by atoms with van der Waals surface area (Å²) < 4.78 is 0. The molecule has 1 amide bonds. The fraction of sp³-hybridized carbons (Fsp3) is 0.632. The Hall–Kier alpha value is -1.35. The summed E-state index contributed by atoms with van der Waals surface area (Å²) in [4.78, 5) is 16.9.